The zero-order valence-electron chi connectivity index (χ0n) is 9.86. The summed E-state index contributed by atoms with van der Waals surface area (Å²) < 4.78 is 3.77. The molecule has 86 valence electrons. The second-order valence-corrected chi connectivity index (χ2v) is 5.86. The maximum absolute atomic E-state index is 4.81. The highest BCUT2D eigenvalue weighted by Gasteiger charge is 2.19. The molecule has 0 spiro atoms. The highest BCUT2D eigenvalue weighted by Crippen LogP contribution is 2.33. The topological polar surface area (TPSA) is 17.3 Å². The van der Waals surface area contributed by atoms with Crippen molar-refractivity contribution in [3.63, 3.8) is 0 Å². The fraction of sp³-hybridized carbons (Fsp3) is 0.357. The fourth-order valence-electron chi connectivity index (χ4n) is 2.91. The molecule has 0 aliphatic heterocycles. The maximum Gasteiger partial charge on any atom is 0.195 e. The average Bonchev–Trinajstić information content (AvgIpc) is 2.84. The van der Waals surface area contributed by atoms with Gasteiger partial charge in [0.05, 0.1) is 15.9 Å². The number of fused-ring (bicyclic) bond motifs is 5. The van der Waals surface area contributed by atoms with Gasteiger partial charge in [-0.1, -0.05) is 23.5 Å². The van der Waals surface area contributed by atoms with E-state index < -0.39 is 0 Å². The van der Waals surface area contributed by atoms with E-state index in [9.17, 15) is 0 Å². The van der Waals surface area contributed by atoms with Gasteiger partial charge in [0.1, 0.15) is 0 Å². The minimum Gasteiger partial charge on any atom is -0.287 e. The SMILES string of the molecule is Cc1cccc2sc3nc4c(n3c12)CCCC4. The van der Waals surface area contributed by atoms with E-state index in [0.717, 1.165) is 6.42 Å². The number of thiazole rings is 1. The number of hydrogen-bond acceptors (Lipinski definition) is 2. The molecule has 17 heavy (non-hydrogen) atoms. The van der Waals surface area contributed by atoms with Crippen molar-refractivity contribution >= 4 is 26.5 Å². The van der Waals surface area contributed by atoms with E-state index in [1.165, 1.54) is 51.4 Å². The molecule has 0 unspecified atom stereocenters. The Bertz CT molecular complexity index is 721. The Labute approximate surface area is 104 Å². The van der Waals surface area contributed by atoms with Gasteiger partial charge in [0.2, 0.25) is 0 Å². The van der Waals surface area contributed by atoms with Crippen LogP contribution in [0.3, 0.4) is 0 Å². The van der Waals surface area contributed by atoms with E-state index in [1.54, 1.807) is 0 Å². The number of aryl methyl sites for hydroxylation is 3. The summed E-state index contributed by atoms with van der Waals surface area (Å²) in [7, 11) is 0. The van der Waals surface area contributed by atoms with Gasteiger partial charge in [-0.15, -0.1) is 0 Å². The molecule has 2 nitrogen and oxygen atoms in total. The Balaban J connectivity index is 2.20. The molecule has 1 aliphatic carbocycles. The van der Waals surface area contributed by atoms with Gasteiger partial charge >= 0.3 is 0 Å². The monoisotopic (exact) mass is 242 g/mol. The molecule has 0 N–H and O–H groups in total. The van der Waals surface area contributed by atoms with E-state index in [0.29, 0.717) is 0 Å². The van der Waals surface area contributed by atoms with Gasteiger partial charge in [0.25, 0.3) is 0 Å². The lowest BCUT2D eigenvalue weighted by molar-refractivity contribution is 0.662. The van der Waals surface area contributed by atoms with Crippen molar-refractivity contribution in [3.8, 4) is 0 Å². The highest BCUT2D eigenvalue weighted by atomic mass is 32.1. The van der Waals surface area contributed by atoms with Gasteiger partial charge in [-0.2, -0.15) is 0 Å². The van der Waals surface area contributed by atoms with Crippen molar-refractivity contribution < 1.29 is 0 Å². The summed E-state index contributed by atoms with van der Waals surface area (Å²) >= 11 is 1.82. The zero-order chi connectivity index (χ0) is 11.4. The molecule has 0 saturated carbocycles. The van der Waals surface area contributed by atoms with E-state index in [-0.39, 0.29) is 0 Å². The molecule has 3 aromatic rings. The first-order valence-corrected chi connectivity index (χ1v) is 7.04. The Morgan fingerprint density at radius 2 is 2.12 bits per heavy atom. The molecule has 0 radical (unpaired) electrons. The van der Waals surface area contributed by atoms with Crippen LogP contribution in [0.2, 0.25) is 0 Å². The number of hydrogen-bond donors (Lipinski definition) is 0. The molecule has 0 atom stereocenters. The summed E-state index contributed by atoms with van der Waals surface area (Å²) in [5.74, 6) is 0. The lowest BCUT2D eigenvalue weighted by Gasteiger charge is -2.10. The number of benzene rings is 1. The number of rotatable bonds is 0. The summed E-state index contributed by atoms with van der Waals surface area (Å²) in [4.78, 5) is 5.99. The van der Waals surface area contributed by atoms with E-state index in [1.807, 2.05) is 11.3 Å². The van der Waals surface area contributed by atoms with Gasteiger partial charge < -0.3 is 0 Å². The lowest BCUT2D eigenvalue weighted by atomic mass is 10.0. The van der Waals surface area contributed by atoms with Crippen LogP contribution in [-0.2, 0) is 12.8 Å². The molecular weight excluding hydrogens is 228 g/mol. The van der Waals surface area contributed by atoms with Crippen LogP contribution in [0.15, 0.2) is 18.2 Å². The molecule has 0 bridgehead atoms. The van der Waals surface area contributed by atoms with Crippen LogP contribution in [0.4, 0.5) is 0 Å². The third kappa shape index (κ3) is 1.23. The third-order valence-corrected chi connectivity index (χ3v) is 4.73. The Morgan fingerprint density at radius 1 is 1.24 bits per heavy atom. The summed E-state index contributed by atoms with van der Waals surface area (Å²) in [5, 5.41) is 0. The van der Waals surface area contributed by atoms with E-state index in [2.05, 4.69) is 29.5 Å². The zero-order valence-corrected chi connectivity index (χ0v) is 10.7. The smallest absolute Gasteiger partial charge is 0.195 e. The number of imidazole rings is 1. The summed E-state index contributed by atoms with van der Waals surface area (Å²) in [6.07, 6.45) is 4.96. The molecule has 1 aromatic carbocycles. The molecule has 4 rings (SSSR count). The Kier molecular flexibility index (Phi) is 1.89. The van der Waals surface area contributed by atoms with Gasteiger partial charge in [0, 0.05) is 5.69 Å². The molecule has 0 amide bonds. The minimum absolute atomic E-state index is 1.16. The number of nitrogens with zero attached hydrogens (tertiary/aromatic N) is 2. The molecule has 3 heteroatoms. The molecule has 0 saturated heterocycles. The quantitative estimate of drug-likeness (QED) is 0.587. The van der Waals surface area contributed by atoms with Crippen molar-refractivity contribution in [2.45, 2.75) is 32.6 Å². The van der Waals surface area contributed by atoms with Crippen molar-refractivity contribution in [3.05, 3.63) is 35.2 Å². The van der Waals surface area contributed by atoms with E-state index in [4.69, 9.17) is 4.98 Å². The van der Waals surface area contributed by atoms with Crippen LogP contribution in [0.5, 0.6) is 0 Å². The van der Waals surface area contributed by atoms with Crippen LogP contribution < -0.4 is 0 Å². The van der Waals surface area contributed by atoms with Crippen molar-refractivity contribution in [1.82, 2.24) is 9.38 Å². The van der Waals surface area contributed by atoms with Crippen LogP contribution in [-0.4, -0.2) is 9.38 Å². The predicted molar refractivity (Wildman–Crippen MR) is 72.0 cm³/mol. The molecule has 1 aliphatic rings. The van der Waals surface area contributed by atoms with Gasteiger partial charge in [-0.25, -0.2) is 4.98 Å². The van der Waals surface area contributed by atoms with Crippen LogP contribution in [0, 0.1) is 6.92 Å². The lowest BCUT2D eigenvalue weighted by Crippen LogP contribution is -2.03. The summed E-state index contributed by atoms with van der Waals surface area (Å²) in [6, 6.07) is 6.54. The average molecular weight is 242 g/mol. The standard InChI is InChI=1S/C14H14N2S/c1-9-5-4-8-12-13(9)16-11-7-3-2-6-10(11)15-14(16)17-12/h4-5,8H,2-3,6-7H2,1H3. The molecular formula is C14H14N2S. The first kappa shape index (κ1) is 9.66. The van der Waals surface area contributed by atoms with Crippen molar-refractivity contribution in [1.29, 1.82) is 0 Å². The van der Waals surface area contributed by atoms with E-state index >= 15 is 0 Å². The number of para-hydroxylation sites is 1. The van der Waals surface area contributed by atoms with Crippen LogP contribution in [0.25, 0.3) is 15.2 Å². The van der Waals surface area contributed by atoms with Crippen LogP contribution >= 0.6 is 11.3 Å². The first-order valence-electron chi connectivity index (χ1n) is 6.23. The predicted octanol–water partition coefficient (Wildman–Crippen LogP) is 3.74. The molecule has 2 aromatic heterocycles. The second kappa shape index (κ2) is 3.33. The number of aromatic nitrogens is 2. The van der Waals surface area contributed by atoms with Gasteiger partial charge in [-0.3, -0.25) is 4.40 Å². The summed E-state index contributed by atoms with van der Waals surface area (Å²) in [5.41, 5.74) is 5.54. The van der Waals surface area contributed by atoms with Crippen LogP contribution in [0.1, 0.15) is 29.8 Å². The maximum atomic E-state index is 4.81. The first-order chi connectivity index (χ1) is 8.34. The molecule has 2 heterocycles. The fourth-order valence-corrected chi connectivity index (χ4v) is 4.05. The molecule has 0 fully saturated rings. The Morgan fingerprint density at radius 3 is 3.06 bits per heavy atom. The van der Waals surface area contributed by atoms with Gasteiger partial charge in [0.15, 0.2) is 4.96 Å². The third-order valence-electron chi connectivity index (χ3n) is 3.73. The highest BCUT2D eigenvalue weighted by molar-refractivity contribution is 7.23. The van der Waals surface area contributed by atoms with Gasteiger partial charge in [-0.05, 0) is 44.2 Å². The Hall–Kier alpha value is -1.35. The second-order valence-electron chi connectivity index (χ2n) is 4.85. The van der Waals surface area contributed by atoms with Crippen molar-refractivity contribution in [2.75, 3.05) is 0 Å². The largest absolute Gasteiger partial charge is 0.287 e. The summed E-state index contributed by atoms with van der Waals surface area (Å²) in [6.45, 7) is 2.20. The van der Waals surface area contributed by atoms with Crippen molar-refractivity contribution in [2.24, 2.45) is 0 Å². The normalized spacial score (nSPS) is 15.6. The minimum atomic E-state index is 1.16.